The summed E-state index contributed by atoms with van der Waals surface area (Å²) in [5.74, 6) is -1.14. The number of carbonyl (C=O) groups excluding carboxylic acids is 2. The van der Waals surface area contributed by atoms with Gasteiger partial charge in [-0.3, -0.25) is 23.2 Å². The summed E-state index contributed by atoms with van der Waals surface area (Å²) >= 11 is 0. The highest BCUT2D eigenvalue weighted by Crippen LogP contribution is 2.44. The molecule has 0 bridgehead atoms. The molecule has 5 atom stereocenters. The van der Waals surface area contributed by atoms with Crippen LogP contribution in [0.4, 0.5) is 0 Å². The van der Waals surface area contributed by atoms with Crippen LogP contribution in [0.2, 0.25) is 0 Å². The van der Waals surface area contributed by atoms with Crippen LogP contribution in [-0.4, -0.2) is 82.6 Å². The SMILES string of the molecule is CCCCC/C=C\C/C=C\C/C=C\CCCCCCC(=O)O[C@H](COC(=O)CCCC1OC1C/C=C\C/C=C\C/C=C\CCCCC)COP(=O)(O)OC[C@@H](O)COP(=O)(O)O. The minimum absolute atomic E-state index is 0.0739. The van der Waals surface area contributed by atoms with Gasteiger partial charge in [-0.15, -0.1) is 0 Å². The van der Waals surface area contributed by atoms with E-state index < -0.39 is 66.2 Å². The maximum Gasteiger partial charge on any atom is 0.472 e. The summed E-state index contributed by atoms with van der Waals surface area (Å²) < 4.78 is 53.6. The van der Waals surface area contributed by atoms with E-state index in [1.165, 1.54) is 38.5 Å². The topological polar surface area (TPSA) is 208 Å². The zero-order chi connectivity index (χ0) is 45.6. The molecule has 0 aromatic carbocycles. The normalized spacial score (nSPS) is 17.9. The van der Waals surface area contributed by atoms with Gasteiger partial charge in [0.25, 0.3) is 0 Å². The Hall–Kier alpha value is -2.48. The molecule has 62 heavy (non-hydrogen) atoms. The maximum atomic E-state index is 12.7. The highest BCUT2D eigenvalue weighted by atomic mass is 31.2. The van der Waals surface area contributed by atoms with Gasteiger partial charge in [-0.2, -0.15) is 0 Å². The molecule has 1 aliphatic heterocycles. The molecule has 1 saturated heterocycles. The number of carbonyl (C=O) groups is 2. The lowest BCUT2D eigenvalue weighted by Gasteiger charge is -2.20. The number of rotatable bonds is 41. The van der Waals surface area contributed by atoms with E-state index in [0.29, 0.717) is 19.3 Å². The molecule has 1 rings (SSSR count). The largest absolute Gasteiger partial charge is 0.472 e. The second-order valence-electron chi connectivity index (χ2n) is 15.4. The van der Waals surface area contributed by atoms with Crippen LogP contribution >= 0.6 is 15.6 Å². The van der Waals surface area contributed by atoms with Gasteiger partial charge in [-0.25, -0.2) is 9.13 Å². The number of aliphatic hydroxyl groups excluding tert-OH is 1. The summed E-state index contributed by atoms with van der Waals surface area (Å²) in [7, 11) is -9.72. The summed E-state index contributed by atoms with van der Waals surface area (Å²) in [6.07, 6.45) is 43.3. The summed E-state index contributed by atoms with van der Waals surface area (Å²) in [6.45, 7) is 1.59. The van der Waals surface area contributed by atoms with Crippen molar-refractivity contribution in [2.45, 2.75) is 180 Å². The van der Waals surface area contributed by atoms with E-state index in [1.807, 2.05) is 0 Å². The Labute approximate surface area is 371 Å². The number of allylic oxidation sites excluding steroid dienone is 11. The third-order valence-electron chi connectivity index (χ3n) is 9.48. The fourth-order valence-corrected chi connectivity index (χ4v) is 7.07. The molecule has 0 saturated carbocycles. The Morgan fingerprint density at radius 3 is 1.61 bits per heavy atom. The van der Waals surface area contributed by atoms with Crippen LogP contribution in [0, 0.1) is 0 Å². The molecule has 1 aliphatic rings. The maximum absolute atomic E-state index is 12.7. The third kappa shape index (κ3) is 38.0. The van der Waals surface area contributed by atoms with Gasteiger partial charge in [0.15, 0.2) is 6.10 Å². The molecule has 0 spiro atoms. The van der Waals surface area contributed by atoms with E-state index in [9.17, 15) is 28.7 Å². The second-order valence-corrected chi connectivity index (χ2v) is 18.0. The summed E-state index contributed by atoms with van der Waals surface area (Å²) in [5, 5.41) is 9.76. The van der Waals surface area contributed by atoms with Crippen molar-refractivity contribution < 1.29 is 66.3 Å². The number of hydrogen-bond acceptors (Lipinski definition) is 11. The second kappa shape index (κ2) is 37.9. The van der Waals surface area contributed by atoms with Crippen LogP contribution < -0.4 is 0 Å². The van der Waals surface area contributed by atoms with Crippen LogP contribution in [0.1, 0.15) is 155 Å². The van der Waals surface area contributed by atoms with E-state index in [-0.39, 0.29) is 25.0 Å². The standard InChI is InChI=1S/C46H78O14P2/c1-3-5-7-9-11-13-15-17-18-19-20-21-23-25-27-29-31-35-46(49)59-42(40-58-62(53,54)57-38-41(47)37-56-61(50,51)52)39-55-45(48)36-32-34-44-43(60-44)33-30-28-26-24-22-16-14-12-10-8-6-4-2/h11-14,17-18,20-22,24,28,30,41-44,47H,3-10,15-16,19,23,25-27,29,31-40H2,1-2H3,(H,53,54)(H2,50,51,52)/b13-11-,14-12-,18-17-,21-20-,24-22-,30-28-/t41-,42+,43?,44?/m0/s1. The first kappa shape index (κ1) is 57.5. The lowest BCUT2D eigenvalue weighted by atomic mass is 10.1. The first-order chi connectivity index (χ1) is 29.8. The number of esters is 2. The van der Waals surface area contributed by atoms with Crippen molar-refractivity contribution in [2.24, 2.45) is 0 Å². The van der Waals surface area contributed by atoms with Gasteiger partial charge in [-0.05, 0) is 89.9 Å². The van der Waals surface area contributed by atoms with Gasteiger partial charge in [0.05, 0.1) is 32.0 Å². The van der Waals surface area contributed by atoms with Gasteiger partial charge in [0, 0.05) is 12.8 Å². The van der Waals surface area contributed by atoms with Crippen molar-refractivity contribution in [3.8, 4) is 0 Å². The average Bonchev–Trinajstić information content (AvgIpc) is 3.99. The first-order valence-electron chi connectivity index (χ1n) is 22.8. The van der Waals surface area contributed by atoms with Gasteiger partial charge < -0.3 is 34.0 Å². The van der Waals surface area contributed by atoms with Crippen molar-refractivity contribution in [1.82, 2.24) is 0 Å². The van der Waals surface area contributed by atoms with Crippen LogP contribution in [0.3, 0.4) is 0 Å². The Morgan fingerprint density at radius 1 is 0.565 bits per heavy atom. The zero-order valence-corrected chi connectivity index (χ0v) is 39.2. The molecule has 3 unspecified atom stereocenters. The molecule has 1 heterocycles. The van der Waals surface area contributed by atoms with Gasteiger partial charge in [0.2, 0.25) is 0 Å². The number of epoxide rings is 1. The molecule has 0 amide bonds. The van der Waals surface area contributed by atoms with Crippen molar-refractivity contribution >= 4 is 27.6 Å². The molecule has 4 N–H and O–H groups in total. The number of unbranched alkanes of at least 4 members (excludes halogenated alkanes) is 10. The summed E-state index contributed by atoms with van der Waals surface area (Å²) in [4.78, 5) is 52.9. The minimum Gasteiger partial charge on any atom is -0.462 e. The van der Waals surface area contributed by atoms with Crippen LogP contribution in [0.15, 0.2) is 72.9 Å². The molecule has 14 nitrogen and oxygen atoms in total. The van der Waals surface area contributed by atoms with Crippen molar-refractivity contribution in [2.75, 3.05) is 26.4 Å². The highest BCUT2D eigenvalue weighted by Gasteiger charge is 2.36. The van der Waals surface area contributed by atoms with Crippen molar-refractivity contribution in [1.29, 1.82) is 0 Å². The number of phosphoric ester groups is 2. The van der Waals surface area contributed by atoms with E-state index in [2.05, 4.69) is 95.8 Å². The molecule has 0 aromatic rings. The van der Waals surface area contributed by atoms with E-state index >= 15 is 0 Å². The molecule has 0 aromatic heterocycles. The van der Waals surface area contributed by atoms with Crippen molar-refractivity contribution in [3.63, 3.8) is 0 Å². The summed E-state index contributed by atoms with van der Waals surface area (Å²) in [6, 6.07) is 0. The molecular formula is C46H78O14P2. The number of ether oxygens (including phenoxy) is 3. The summed E-state index contributed by atoms with van der Waals surface area (Å²) in [5.41, 5.74) is 0. The Balaban J connectivity index is 2.43. The quantitative estimate of drug-likeness (QED) is 0.0148. The molecular weight excluding hydrogens is 838 g/mol. The Bertz CT molecular complexity index is 1440. The molecule has 16 heteroatoms. The number of phosphoric acid groups is 2. The Morgan fingerprint density at radius 2 is 1.05 bits per heavy atom. The van der Waals surface area contributed by atoms with Gasteiger partial charge >= 0.3 is 27.6 Å². The lowest BCUT2D eigenvalue weighted by Crippen LogP contribution is -2.30. The predicted molar refractivity (Wildman–Crippen MR) is 243 cm³/mol. The van der Waals surface area contributed by atoms with Gasteiger partial charge in [0.1, 0.15) is 12.7 Å². The molecule has 0 aliphatic carbocycles. The third-order valence-corrected chi connectivity index (χ3v) is 10.9. The van der Waals surface area contributed by atoms with Crippen molar-refractivity contribution in [3.05, 3.63) is 72.9 Å². The average molecular weight is 917 g/mol. The molecule has 1 fully saturated rings. The number of aliphatic hydroxyl groups is 1. The Kier molecular flexibility index (Phi) is 35.1. The molecule has 0 radical (unpaired) electrons. The van der Waals surface area contributed by atoms with Crippen LogP contribution in [0.25, 0.3) is 0 Å². The van der Waals surface area contributed by atoms with E-state index in [1.54, 1.807) is 0 Å². The monoisotopic (exact) mass is 916 g/mol. The fraction of sp³-hybridized carbons (Fsp3) is 0.696. The minimum atomic E-state index is -4.88. The van der Waals surface area contributed by atoms with Crippen LogP contribution in [0.5, 0.6) is 0 Å². The van der Waals surface area contributed by atoms with Crippen LogP contribution in [-0.2, 0) is 46.5 Å². The van der Waals surface area contributed by atoms with Gasteiger partial charge in [-0.1, -0.05) is 125 Å². The highest BCUT2D eigenvalue weighted by molar-refractivity contribution is 7.47. The van der Waals surface area contributed by atoms with E-state index in [0.717, 1.165) is 70.6 Å². The van der Waals surface area contributed by atoms with E-state index in [4.69, 9.17) is 28.5 Å². The number of hydrogen-bond donors (Lipinski definition) is 4. The fourth-order valence-electron chi connectivity index (χ4n) is 5.91. The first-order valence-corrected chi connectivity index (χ1v) is 25.8. The smallest absolute Gasteiger partial charge is 0.462 e. The zero-order valence-electron chi connectivity index (χ0n) is 37.4. The lowest BCUT2D eigenvalue weighted by molar-refractivity contribution is -0.161. The predicted octanol–water partition coefficient (Wildman–Crippen LogP) is 10.8. The molecule has 356 valence electrons.